The lowest BCUT2D eigenvalue weighted by atomic mass is 9.92. The summed E-state index contributed by atoms with van der Waals surface area (Å²) in [5.74, 6) is -2.05. The summed E-state index contributed by atoms with van der Waals surface area (Å²) in [7, 11) is 0. The number of hydrogen-bond donors (Lipinski definition) is 1. The summed E-state index contributed by atoms with van der Waals surface area (Å²) in [6.07, 6.45) is 1.20. The number of hydrogen-bond acceptors (Lipinski definition) is 6. The summed E-state index contributed by atoms with van der Waals surface area (Å²) in [5.41, 5.74) is 0.661. The number of carbonyl (C=O) groups is 2. The molecule has 0 aromatic heterocycles. The molecule has 130 valence electrons. The Morgan fingerprint density at radius 1 is 1.17 bits per heavy atom. The fraction of sp³-hybridized carbons (Fsp3) is 0.471. The van der Waals surface area contributed by atoms with Crippen molar-refractivity contribution in [3.63, 3.8) is 0 Å². The van der Waals surface area contributed by atoms with Gasteiger partial charge >= 0.3 is 11.9 Å². The van der Waals surface area contributed by atoms with Crippen LogP contribution in [0.2, 0.25) is 0 Å². The average Bonchev–Trinajstić information content (AvgIpc) is 2.60. The normalized spacial score (nSPS) is 22.9. The SMILES string of the molecule is CCCOC(=O)C1N=CC(C(=O)OCC)C(c2ccc(F)cc2)N1. The van der Waals surface area contributed by atoms with Gasteiger partial charge in [-0.15, -0.1) is 0 Å². The van der Waals surface area contributed by atoms with Crippen molar-refractivity contribution in [3.05, 3.63) is 35.6 Å². The molecule has 0 amide bonds. The number of nitrogens with one attached hydrogen (secondary N) is 1. The summed E-state index contributed by atoms with van der Waals surface area (Å²) >= 11 is 0. The number of nitrogens with zero attached hydrogens (tertiary/aromatic N) is 1. The molecule has 0 saturated heterocycles. The zero-order valence-electron chi connectivity index (χ0n) is 13.7. The molecule has 0 saturated carbocycles. The van der Waals surface area contributed by atoms with E-state index in [9.17, 15) is 14.0 Å². The molecular weight excluding hydrogens is 315 g/mol. The first-order valence-electron chi connectivity index (χ1n) is 7.94. The summed E-state index contributed by atoms with van der Waals surface area (Å²) in [6, 6.07) is 5.17. The fourth-order valence-electron chi connectivity index (χ4n) is 2.40. The van der Waals surface area contributed by atoms with E-state index in [2.05, 4.69) is 10.3 Å². The van der Waals surface area contributed by atoms with Crippen LogP contribution in [-0.4, -0.2) is 37.5 Å². The van der Waals surface area contributed by atoms with Gasteiger partial charge in [0.05, 0.1) is 19.3 Å². The van der Waals surface area contributed by atoms with Gasteiger partial charge in [-0.05, 0) is 31.0 Å². The number of esters is 2. The largest absolute Gasteiger partial charge is 0.465 e. The van der Waals surface area contributed by atoms with E-state index in [0.29, 0.717) is 18.6 Å². The Bertz CT molecular complexity index is 603. The predicted octanol–water partition coefficient (Wildman–Crippen LogP) is 2.00. The maximum Gasteiger partial charge on any atom is 0.345 e. The summed E-state index contributed by atoms with van der Waals surface area (Å²) in [5, 5.41) is 2.99. The molecule has 6 nitrogen and oxygen atoms in total. The first kappa shape index (κ1) is 18.1. The molecule has 3 atom stereocenters. The van der Waals surface area contributed by atoms with E-state index < -0.39 is 30.1 Å². The van der Waals surface area contributed by atoms with Gasteiger partial charge in [0.1, 0.15) is 11.7 Å². The van der Waals surface area contributed by atoms with Crippen LogP contribution in [0.3, 0.4) is 0 Å². The molecule has 1 heterocycles. The van der Waals surface area contributed by atoms with Gasteiger partial charge in [-0.2, -0.15) is 0 Å². The minimum atomic E-state index is -0.905. The summed E-state index contributed by atoms with van der Waals surface area (Å²) in [4.78, 5) is 28.2. The molecule has 0 aliphatic carbocycles. The Balaban J connectivity index is 2.23. The highest BCUT2D eigenvalue weighted by atomic mass is 19.1. The van der Waals surface area contributed by atoms with Crippen molar-refractivity contribution in [2.24, 2.45) is 10.9 Å². The third kappa shape index (κ3) is 4.38. The van der Waals surface area contributed by atoms with Crippen molar-refractivity contribution in [2.75, 3.05) is 13.2 Å². The van der Waals surface area contributed by atoms with Gasteiger partial charge in [0.15, 0.2) is 6.17 Å². The van der Waals surface area contributed by atoms with Crippen molar-refractivity contribution in [2.45, 2.75) is 32.5 Å². The van der Waals surface area contributed by atoms with Crippen molar-refractivity contribution in [1.82, 2.24) is 5.32 Å². The number of carbonyl (C=O) groups excluding carboxylic acids is 2. The van der Waals surface area contributed by atoms with E-state index in [4.69, 9.17) is 9.47 Å². The number of halogens is 1. The van der Waals surface area contributed by atoms with Gasteiger partial charge in [0.25, 0.3) is 0 Å². The molecule has 3 unspecified atom stereocenters. The van der Waals surface area contributed by atoms with E-state index in [1.807, 2.05) is 6.92 Å². The monoisotopic (exact) mass is 336 g/mol. The van der Waals surface area contributed by atoms with Gasteiger partial charge in [-0.25, -0.2) is 9.18 Å². The molecule has 0 radical (unpaired) electrons. The summed E-state index contributed by atoms with van der Waals surface area (Å²) < 4.78 is 23.3. The maximum absolute atomic E-state index is 13.2. The topological polar surface area (TPSA) is 77.0 Å². The van der Waals surface area contributed by atoms with Crippen LogP contribution < -0.4 is 5.32 Å². The van der Waals surface area contributed by atoms with E-state index in [1.165, 1.54) is 18.3 Å². The van der Waals surface area contributed by atoms with Crippen molar-refractivity contribution >= 4 is 18.2 Å². The molecule has 0 fully saturated rings. The molecule has 2 rings (SSSR count). The van der Waals surface area contributed by atoms with Crippen LogP contribution in [0.15, 0.2) is 29.3 Å². The third-order valence-electron chi connectivity index (χ3n) is 3.55. The lowest BCUT2D eigenvalue weighted by molar-refractivity contribution is -0.150. The number of rotatable bonds is 6. The quantitative estimate of drug-likeness (QED) is 0.804. The van der Waals surface area contributed by atoms with Crippen molar-refractivity contribution < 1.29 is 23.5 Å². The molecule has 1 aliphatic heterocycles. The van der Waals surface area contributed by atoms with Crippen molar-refractivity contribution in [1.29, 1.82) is 0 Å². The van der Waals surface area contributed by atoms with Crippen molar-refractivity contribution in [3.8, 4) is 0 Å². The van der Waals surface area contributed by atoms with Crippen LogP contribution in [-0.2, 0) is 19.1 Å². The number of aliphatic imine (C=N–C) groups is 1. The highest BCUT2D eigenvalue weighted by molar-refractivity contribution is 5.93. The zero-order valence-corrected chi connectivity index (χ0v) is 13.7. The molecule has 7 heteroatoms. The summed E-state index contributed by atoms with van der Waals surface area (Å²) in [6.45, 7) is 4.14. The van der Waals surface area contributed by atoms with Crippen LogP contribution in [0.1, 0.15) is 31.9 Å². The lowest BCUT2D eigenvalue weighted by Crippen LogP contribution is -2.47. The second-order valence-corrected chi connectivity index (χ2v) is 5.34. The molecule has 1 aromatic rings. The second kappa shape index (κ2) is 8.54. The highest BCUT2D eigenvalue weighted by Crippen LogP contribution is 2.26. The zero-order chi connectivity index (χ0) is 17.5. The van der Waals surface area contributed by atoms with E-state index >= 15 is 0 Å². The Morgan fingerprint density at radius 3 is 2.50 bits per heavy atom. The highest BCUT2D eigenvalue weighted by Gasteiger charge is 2.37. The molecule has 24 heavy (non-hydrogen) atoms. The Kier molecular flexibility index (Phi) is 6.43. The van der Waals surface area contributed by atoms with Gasteiger partial charge in [-0.3, -0.25) is 15.1 Å². The van der Waals surface area contributed by atoms with E-state index in [1.54, 1.807) is 19.1 Å². The Morgan fingerprint density at radius 2 is 1.88 bits per heavy atom. The molecule has 0 spiro atoms. The molecule has 0 bridgehead atoms. The molecule has 1 aliphatic rings. The third-order valence-corrected chi connectivity index (χ3v) is 3.55. The minimum absolute atomic E-state index is 0.237. The maximum atomic E-state index is 13.2. The molecule has 1 N–H and O–H groups in total. The minimum Gasteiger partial charge on any atom is -0.465 e. The van der Waals surface area contributed by atoms with Crippen LogP contribution >= 0.6 is 0 Å². The smallest absolute Gasteiger partial charge is 0.345 e. The molecule has 1 aromatic carbocycles. The molecular formula is C17H21FN2O4. The first-order chi connectivity index (χ1) is 11.6. The van der Waals surface area contributed by atoms with Gasteiger partial charge in [0, 0.05) is 6.21 Å². The van der Waals surface area contributed by atoms with Gasteiger partial charge < -0.3 is 9.47 Å². The predicted molar refractivity (Wildman–Crippen MR) is 85.9 cm³/mol. The Labute approximate surface area is 140 Å². The van der Waals surface area contributed by atoms with E-state index in [-0.39, 0.29) is 12.4 Å². The number of benzene rings is 1. The first-order valence-corrected chi connectivity index (χ1v) is 7.94. The average molecular weight is 336 g/mol. The lowest BCUT2D eigenvalue weighted by Gasteiger charge is -2.30. The standard InChI is InChI=1S/C17H21FN2O4/c1-3-9-24-17(22)15-19-10-13(16(21)23-4-2)14(20-15)11-5-7-12(18)8-6-11/h5-8,10,13-15,20H,3-4,9H2,1-2H3. The van der Waals surface area contributed by atoms with Gasteiger partial charge in [-0.1, -0.05) is 19.1 Å². The number of ether oxygens (including phenoxy) is 2. The van der Waals surface area contributed by atoms with Crippen LogP contribution in [0, 0.1) is 11.7 Å². The van der Waals surface area contributed by atoms with Crippen LogP contribution in [0.4, 0.5) is 4.39 Å². The van der Waals surface area contributed by atoms with E-state index in [0.717, 1.165) is 0 Å². The fourth-order valence-corrected chi connectivity index (χ4v) is 2.40. The van der Waals surface area contributed by atoms with Crippen LogP contribution in [0.25, 0.3) is 0 Å². The Hall–Kier alpha value is -2.28. The van der Waals surface area contributed by atoms with Crippen LogP contribution in [0.5, 0.6) is 0 Å². The van der Waals surface area contributed by atoms with Gasteiger partial charge in [0.2, 0.25) is 0 Å². The second-order valence-electron chi connectivity index (χ2n) is 5.34.